The standard InChI is InChI=1S/C17H25FN4O/c18-15-2-4-16(5-3-15)21-10-12-22(13-11-21)17(23)14-20-8-1-6-19-7-9-20/h2-5,19H,1,6-14H2. The van der Waals surface area contributed by atoms with Gasteiger partial charge in [-0.05, 0) is 43.8 Å². The first-order valence-corrected chi connectivity index (χ1v) is 8.44. The smallest absolute Gasteiger partial charge is 0.236 e. The first-order valence-electron chi connectivity index (χ1n) is 8.44. The van der Waals surface area contributed by atoms with Crippen LogP contribution in [0.4, 0.5) is 10.1 Å². The van der Waals surface area contributed by atoms with Crippen molar-refractivity contribution in [1.82, 2.24) is 15.1 Å². The minimum absolute atomic E-state index is 0.213. The highest BCUT2D eigenvalue weighted by molar-refractivity contribution is 5.78. The molecule has 2 aliphatic rings. The summed E-state index contributed by atoms with van der Waals surface area (Å²) in [6, 6.07) is 6.58. The molecule has 0 aliphatic carbocycles. The Labute approximate surface area is 137 Å². The molecule has 2 fully saturated rings. The van der Waals surface area contributed by atoms with Crippen LogP contribution in [0.1, 0.15) is 6.42 Å². The van der Waals surface area contributed by atoms with Gasteiger partial charge in [0.05, 0.1) is 6.54 Å². The summed E-state index contributed by atoms with van der Waals surface area (Å²) >= 11 is 0. The molecule has 2 heterocycles. The zero-order valence-electron chi connectivity index (χ0n) is 13.5. The van der Waals surface area contributed by atoms with E-state index < -0.39 is 0 Å². The molecule has 1 aromatic carbocycles. The molecule has 0 radical (unpaired) electrons. The Morgan fingerprint density at radius 2 is 1.74 bits per heavy atom. The maximum absolute atomic E-state index is 13.0. The van der Waals surface area contributed by atoms with Gasteiger partial charge in [-0.2, -0.15) is 0 Å². The van der Waals surface area contributed by atoms with Crippen molar-refractivity contribution in [3.05, 3.63) is 30.1 Å². The molecule has 126 valence electrons. The van der Waals surface area contributed by atoms with Crippen LogP contribution < -0.4 is 10.2 Å². The Morgan fingerprint density at radius 3 is 2.48 bits per heavy atom. The number of carbonyl (C=O) groups excluding carboxylic acids is 1. The molecule has 1 N–H and O–H groups in total. The van der Waals surface area contributed by atoms with E-state index in [1.807, 2.05) is 4.90 Å². The highest BCUT2D eigenvalue weighted by Gasteiger charge is 2.23. The monoisotopic (exact) mass is 320 g/mol. The third-order valence-electron chi connectivity index (χ3n) is 4.62. The van der Waals surface area contributed by atoms with Crippen molar-refractivity contribution >= 4 is 11.6 Å². The molecule has 0 atom stereocenters. The number of hydrogen-bond acceptors (Lipinski definition) is 4. The topological polar surface area (TPSA) is 38.8 Å². The first-order chi connectivity index (χ1) is 11.2. The molecule has 1 aromatic rings. The van der Waals surface area contributed by atoms with E-state index in [1.165, 1.54) is 12.1 Å². The van der Waals surface area contributed by atoms with Crippen LogP contribution in [0.3, 0.4) is 0 Å². The normalized spacial score (nSPS) is 20.4. The van der Waals surface area contributed by atoms with Crippen molar-refractivity contribution in [3.8, 4) is 0 Å². The Hall–Kier alpha value is -1.66. The molecule has 5 nitrogen and oxygen atoms in total. The van der Waals surface area contributed by atoms with Crippen LogP contribution in [-0.2, 0) is 4.79 Å². The molecule has 23 heavy (non-hydrogen) atoms. The van der Waals surface area contributed by atoms with E-state index >= 15 is 0 Å². The van der Waals surface area contributed by atoms with Crippen molar-refractivity contribution in [1.29, 1.82) is 0 Å². The number of halogens is 1. The fourth-order valence-corrected chi connectivity index (χ4v) is 3.22. The molecule has 6 heteroatoms. The highest BCUT2D eigenvalue weighted by Crippen LogP contribution is 2.17. The third kappa shape index (κ3) is 4.42. The van der Waals surface area contributed by atoms with Crippen LogP contribution in [0.5, 0.6) is 0 Å². The van der Waals surface area contributed by atoms with E-state index in [4.69, 9.17) is 0 Å². The molecular formula is C17H25FN4O. The van der Waals surface area contributed by atoms with Gasteiger partial charge in [0, 0.05) is 45.0 Å². The molecule has 0 bridgehead atoms. The molecule has 2 saturated heterocycles. The van der Waals surface area contributed by atoms with E-state index in [1.54, 1.807) is 12.1 Å². The fourth-order valence-electron chi connectivity index (χ4n) is 3.22. The van der Waals surface area contributed by atoms with E-state index in [-0.39, 0.29) is 11.7 Å². The summed E-state index contributed by atoms with van der Waals surface area (Å²) in [6.07, 6.45) is 1.10. The average molecular weight is 320 g/mol. The third-order valence-corrected chi connectivity index (χ3v) is 4.62. The lowest BCUT2D eigenvalue weighted by Gasteiger charge is -2.37. The summed E-state index contributed by atoms with van der Waals surface area (Å²) in [5.41, 5.74) is 1.03. The van der Waals surface area contributed by atoms with Crippen LogP contribution in [0, 0.1) is 5.82 Å². The molecular weight excluding hydrogens is 295 g/mol. The lowest BCUT2D eigenvalue weighted by molar-refractivity contribution is -0.132. The number of hydrogen-bond donors (Lipinski definition) is 1. The summed E-state index contributed by atoms with van der Waals surface area (Å²) < 4.78 is 13.0. The number of amides is 1. The summed E-state index contributed by atoms with van der Waals surface area (Å²) in [4.78, 5) is 18.9. The van der Waals surface area contributed by atoms with Crippen molar-refractivity contribution in [3.63, 3.8) is 0 Å². The summed E-state index contributed by atoms with van der Waals surface area (Å²) in [6.45, 7) is 7.56. The number of benzene rings is 1. The van der Waals surface area contributed by atoms with E-state index in [0.29, 0.717) is 6.54 Å². The second-order valence-electron chi connectivity index (χ2n) is 6.22. The van der Waals surface area contributed by atoms with Crippen molar-refractivity contribution < 1.29 is 9.18 Å². The molecule has 0 saturated carbocycles. The Balaban J connectivity index is 1.48. The second-order valence-corrected chi connectivity index (χ2v) is 6.22. The minimum atomic E-state index is -0.213. The Morgan fingerprint density at radius 1 is 1.00 bits per heavy atom. The van der Waals surface area contributed by atoms with Crippen LogP contribution in [0.25, 0.3) is 0 Å². The lowest BCUT2D eigenvalue weighted by Crippen LogP contribution is -2.51. The predicted octanol–water partition coefficient (Wildman–Crippen LogP) is 0.770. The predicted molar refractivity (Wildman–Crippen MR) is 89.1 cm³/mol. The van der Waals surface area contributed by atoms with Gasteiger partial charge in [-0.1, -0.05) is 0 Å². The number of piperazine rings is 1. The fraction of sp³-hybridized carbons (Fsp3) is 0.588. The van der Waals surface area contributed by atoms with Gasteiger partial charge in [-0.3, -0.25) is 9.69 Å². The number of carbonyl (C=O) groups is 1. The Bertz CT molecular complexity index is 506. The molecule has 3 rings (SSSR count). The number of anilines is 1. The number of rotatable bonds is 3. The van der Waals surface area contributed by atoms with Crippen molar-refractivity contribution in [2.24, 2.45) is 0 Å². The van der Waals surface area contributed by atoms with Crippen molar-refractivity contribution in [2.75, 3.05) is 63.8 Å². The van der Waals surface area contributed by atoms with Crippen LogP contribution >= 0.6 is 0 Å². The van der Waals surface area contributed by atoms with Crippen LogP contribution in [0.2, 0.25) is 0 Å². The first kappa shape index (κ1) is 16.2. The summed E-state index contributed by atoms with van der Waals surface area (Å²) in [5.74, 6) is 0.0140. The van der Waals surface area contributed by atoms with Crippen LogP contribution in [-0.4, -0.2) is 74.6 Å². The van der Waals surface area contributed by atoms with Crippen molar-refractivity contribution in [2.45, 2.75) is 6.42 Å². The van der Waals surface area contributed by atoms with Gasteiger partial charge >= 0.3 is 0 Å². The summed E-state index contributed by atoms with van der Waals surface area (Å²) in [5, 5.41) is 3.36. The average Bonchev–Trinajstić information content (AvgIpc) is 2.84. The Kier molecular flexibility index (Phi) is 5.46. The molecule has 0 spiro atoms. The van der Waals surface area contributed by atoms with E-state index in [0.717, 1.165) is 64.5 Å². The van der Waals surface area contributed by atoms with Gasteiger partial charge < -0.3 is 15.1 Å². The number of nitrogens with zero attached hydrogens (tertiary/aromatic N) is 3. The largest absolute Gasteiger partial charge is 0.368 e. The quantitative estimate of drug-likeness (QED) is 0.893. The summed E-state index contributed by atoms with van der Waals surface area (Å²) in [7, 11) is 0. The van der Waals surface area contributed by atoms with E-state index in [9.17, 15) is 9.18 Å². The van der Waals surface area contributed by atoms with Gasteiger partial charge in [0.1, 0.15) is 5.82 Å². The second kappa shape index (κ2) is 7.75. The molecule has 2 aliphatic heterocycles. The van der Waals surface area contributed by atoms with Gasteiger partial charge in [0.2, 0.25) is 5.91 Å². The van der Waals surface area contributed by atoms with E-state index in [2.05, 4.69) is 15.1 Å². The minimum Gasteiger partial charge on any atom is -0.368 e. The SMILES string of the molecule is O=C(CN1CCCNCC1)N1CCN(c2ccc(F)cc2)CC1. The highest BCUT2D eigenvalue weighted by atomic mass is 19.1. The zero-order chi connectivity index (χ0) is 16.1. The lowest BCUT2D eigenvalue weighted by atomic mass is 10.2. The molecule has 1 amide bonds. The van der Waals surface area contributed by atoms with Gasteiger partial charge in [0.25, 0.3) is 0 Å². The maximum Gasteiger partial charge on any atom is 0.236 e. The molecule has 0 unspecified atom stereocenters. The van der Waals surface area contributed by atoms with Gasteiger partial charge in [-0.15, -0.1) is 0 Å². The van der Waals surface area contributed by atoms with Crippen LogP contribution in [0.15, 0.2) is 24.3 Å². The number of nitrogens with one attached hydrogen (secondary N) is 1. The van der Waals surface area contributed by atoms with Gasteiger partial charge in [0.15, 0.2) is 0 Å². The molecule has 0 aromatic heterocycles. The zero-order valence-corrected chi connectivity index (χ0v) is 13.5. The van der Waals surface area contributed by atoms with Gasteiger partial charge in [-0.25, -0.2) is 4.39 Å². The maximum atomic E-state index is 13.0.